The van der Waals surface area contributed by atoms with Gasteiger partial charge >= 0.3 is 0 Å². The molecule has 0 spiro atoms. The van der Waals surface area contributed by atoms with Crippen LogP contribution in [0.5, 0.6) is 0 Å². The molecule has 0 fully saturated rings. The number of fused-ring (bicyclic) bond motifs is 3. The van der Waals surface area contributed by atoms with Crippen LogP contribution in [0.25, 0.3) is 67.3 Å². The van der Waals surface area contributed by atoms with Crippen molar-refractivity contribution in [1.82, 2.24) is 24.1 Å². The van der Waals surface area contributed by atoms with Crippen LogP contribution in [0.15, 0.2) is 152 Å². The van der Waals surface area contributed by atoms with Gasteiger partial charge in [-0.15, -0.1) is 0 Å². The van der Waals surface area contributed by atoms with Gasteiger partial charge in [-0.1, -0.05) is 97.1 Å². The van der Waals surface area contributed by atoms with E-state index in [2.05, 4.69) is 102 Å². The van der Waals surface area contributed by atoms with Crippen LogP contribution in [0.4, 0.5) is 0 Å². The van der Waals surface area contributed by atoms with Crippen molar-refractivity contribution in [3.05, 3.63) is 152 Å². The lowest BCUT2D eigenvalue weighted by atomic mass is 10.1. The molecule has 0 aliphatic heterocycles. The second kappa shape index (κ2) is 9.98. The van der Waals surface area contributed by atoms with Crippen molar-refractivity contribution < 1.29 is 0 Å². The summed E-state index contributed by atoms with van der Waals surface area (Å²) in [5, 5.41) is 2.50. The van der Waals surface area contributed by atoms with Gasteiger partial charge in [0.05, 0.1) is 22.4 Å². The Labute approximate surface area is 243 Å². The van der Waals surface area contributed by atoms with Crippen molar-refractivity contribution in [3.63, 3.8) is 0 Å². The first-order valence-electron chi connectivity index (χ1n) is 14.0. The second-order valence-electron chi connectivity index (χ2n) is 10.2. The zero-order chi connectivity index (χ0) is 27.9. The van der Waals surface area contributed by atoms with Gasteiger partial charge in [-0.25, -0.2) is 15.0 Å². The molecule has 5 nitrogen and oxygen atoms in total. The molecule has 8 aromatic rings. The van der Waals surface area contributed by atoms with Crippen molar-refractivity contribution >= 4 is 21.8 Å². The molecule has 3 aromatic heterocycles. The van der Waals surface area contributed by atoms with Crippen LogP contribution in [-0.2, 0) is 0 Å². The Morgan fingerprint density at radius 2 is 1.00 bits per heavy atom. The average Bonchev–Trinajstić information content (AvgIpc) is 3.69. The quantitative estimate of drug-likeness (QED) is 0.220. The molecule has 42 heavy (non-hydrogen) atoms. The Balaban J connectivity index is 1.24. The van der Waals surface area contributed by atoms with Gasteiger partial charge in [-0.05, 0) is 42.5 Å². The van der Waals surface area contributed by atoms with Crippen LogP contribution < -0.4 is 0 Å². The molecule has 8 rings (SSSR count). The highest BCUT2D eigenvalue weighted by Crippen LogP contribution is 2.33. The van der Waals surface area contributed by atoms with E-state index in [9.17, 15) is 0 Å². The van der Waals surface area contributed by atoms with Crippen molar-refractivity contribution in [3.8, 4) is 45.5 Å². The molecule has 0 N–H and O–H groups in total. The lowest BCUT2D eigenvalue weighted by Crippen LogP contribution is -2.05. The summed E-state index contributed by atoms with van der Waals surface area (Å²) in [4.78, 5) is 14.7. The third kappa shape index (κ3) is 4.07. The second-order valence-corrected chi connectivity index (χ2v) is 10.2. The lowest BCUT2D eigenvalue weighted by molar-refractivity contribution is 0.939. The van der Waals surface area contributed by atoms with Gasteiger partial charge in [0.2, 0.25) is 5.95 Å². The number of nitrogens with zero attached hydrogens (tertiary/aromatic N) is 5. The summed E-state index contributed by atoms with van der Waals surface area (Å²) in [6, 6.07) is 48.1. The Morgan fingerprint density at radius 3 is 1.57 bits per heavy atom. The topological polar surface area (TPSA) is 48.5 Å². The molecule has 3 heterocycles. The summed E-state index contributed by atoms with van der Waals surface area (Å²) in [6.07, 6.45) is 3.73. The Kier molecular flexibility index (Phi) is 5.71. The molecular formula is C37H25N5. The van der Waals surface area contributed by atoms with E-state index in [4.69, 9.17) is 15.0 Å². The minimum absolute atomic E-state index is 0.578. The van der Waals surface area contributed by atoms with Gasteiger partial charge in [0.25, 0.3) is 0 Å². The third-order valence-corrected chi connectivity index (χ3v) is 7.67. The molecule has 0 unspecified atom stereocenters. The van der Waals surface area contributed by atoms with Crippen LogP contribution >= 0.6 is 0 Å². The number of rotatable bonds is 5. The summed E-state index contributed by atoms with van der Waals surface area (Å²) in [7, 11) is 0. The van der Waals surface area contributed by atoms with E-state index in [0.29, 0.717) is 5.95 Å². The molecule has 0 atom stereocenters. The maximum Gasteiger partial charge on any atom is 0.236 e. The summed E-state index contributed by atoms with van der Waals surface area (Å²) in [5.41, 5.74) is 8.26. The number of hydrogen-bond donors (Lipinski definition) is 0. The molecule has 0 aliphatic rings. The number of aromatic nitrogens is 5. The molecule has 0 radical (unpaired) electrons. The highest BCUT2D eigenvalue weighted by atomic mass is 15.2. The third-order valence-electron chi connectivity index (χ3n) is 7.67. The van der Waals surface area contributed by atoms with E-state index in [1.54, 1.807) is 6.20 Å². The minimum atomic E-state index is 0.578. The lowest BCUT2D eigenvalue weighted by Gasteiger charge is -2.12. The highest BCUT2D eigenvalue weighted by Gasteiger charge is 2.16. The molecule has 198 valence electrons. The maximum atomic E-state index is 4.99. The molecule has 0 saturated heterocycles. The van der Waals surface area contributed by atoms with Gasteiger partial charge in [0.1, 0.15) is 5.82 Å². The van der Waals surface area contributed by atoms with E-state index in [-0.39, 0.29) is 0 Å². The van der Waals surface area contributed by atoms with Crippen LogP contribution in [-0.4, -0.2) is 24.1 Å². The monoisotopic (exact) mass is 539 g/mol. The van der Waals surface area contributed by atoms with Crippen LogP contribution in [0.1, 0.15) is 0 Å². The number of hydrogen-bond acceptors (Lipinski definition) is 3. The summed E-state index contributed by atoms with van der Waals surface area (Å²) >= 11 is 0. The molecule has 5 heteroatoms. The standard InChI is InChI=1S/C37H25N5/c1-3-11-26(12-4-1)32-25-33(27-13-5-2-6-14-27)40-37(39-32)41-24-23-38-36(41)28-19-21-29(22-20-28)42-34-17-9-7-15-30(34)31-16-8-10-18-35(31)42/h1-25H. The van der Waals surface area contributed by atoms with Crippen molar-refractivity contribution in [2.24, 2.45) is 0 Å². The first-order valence-corrected chi connectivity index (χ1v) is 14.0. The van der Waals surface area contributed by atoms with E-state index < -0.39 is 0 Å². The SMILES string of the molecule is c1ccc(-c2cc(-c3ccccc3)nc(-n3ccnc3-c3ccc(-n4c5ccccc5c5ccccc54)cc3)n2)cc1. The molecule has 0 amide bonds. The van der Waals surface area contributed by atoms with Gasteiger partial charge in [-0.2, -0.15) is 0 Å². The summed E-state index contributed by atoms with van der Waals surface area (Å²) in [5.74, 6) is 1.36. The van der Waals surface area contributed by atoms with Crippen LogP contribution in [0, 0.1) is 0 Å². The fourth-order valence-electron chi connectivity index (χ4n) is 5.69. The normalized spacial score (nSPS) is 11.3. The minimum Gasteiger partial charge on any atom is -0.309 e. The van der Waals surface area contributed by atoms with Crippen molar-refractivity contribution in [1.29, 1.82) is 0 Å². The summed E-state index contributed by atoms with van der Waals surface area (Å²) < 4.78 is 4.29. The summed E-state index contributed by atoms with van der Waals surface area (Å²) in [6.45, 7) is 0. The van der Waals surface area contributed by atoms with Crippen LogP contribution in [0.2, 0.25) is 0 Å². The predicted octanol–water partition coefficient (Wildman–Crippen LogP) is 8.76. The van der Waals surface area contributed by atoms with E-state index in [1.807, 2.05) is 53.2 Å². The zero-order valence-electron chi connectivity index (χ0n) is 22.7. The number of para-hydroxylation sites is 2. The fourth-order valence-corrected chi connectivity index (χ4v) is 5.69. The first kappa shape index (κ1) is 24.0. The fraction of sp³-hybridized carbons (Fsp3) is 0. The largest absolute Gasteiger partial charge is 0.309 e. The van der Waals surface area contributed by atoms with E-state index in [1.165, 1.54) is 21.8 Å². The van der Waals surface area contributed by atoms with E-state index in [0.717, 1.165) is 39.6 Å². The van der Waals surface area contributed by atoms with Gasteiger partial charge < -0.3 is 4.57 Å². The molecule has 0 aliphatic carbocycles. The van der Waals surface area contributed by atoms with E-state index >= 15 is 0 Å². The Hall–Kier alpha value is -5.81. The predicted molar refractivity (Wildman–Crippen MR) is 170 cm³/mol. The van der Waals surface area contributed by atoms with Gasteiger partial charge in [-0.3, -0.25) is 4.57 Å². The smallest absolute Gasteiger partial charge is 0.236 e. The van der Waals surface area contributed by atoms with Crippen molar-refractivity contribution in [2.75, 3.05) is 0 Å². The van der Waals surface area contributed by atoms with Gasteiger partial charge in [0, 0.05) is 45.5 Å². The Morgan fingerprint density at radius 1 is 0.476 bits per heavy atom. The molecule has 0 saturated carbocycles. The number of benzene rings is 5. The Bertz CT molecular complexity index is 2070. The van der Waals surface area contributed by atoms with Crippen molar-refractivity contribution in [2.45, 2.75) is 0 Å². The zero-order valence-corrected chi connectivity index (χ0v) is 22.7. The maximum absolute atomic E-state index is 4.99. The van der Waals surface area contributed by atoms with Gasteiger partial charge in [0.15, 0.2) is 0 Å². The molecule has 5 aromatic carbocycles. The van der Waals surface area contributed by atoms with Crippen LogP contribution in [0.3, 0.4) is 0 Å². The number of imidazole rings is 1. The molecule has 0 bridgehead atoms. The molecular weight excluding hydrogens is 514 g/mol. The average molecular weight is 540 g/mol. The first-order chi connectivity index (χ1) is 20.8. The highest BCUT2D eigenvalue weighted by molar-refractivity contribution is 6.09.